The van der Waals surface area contributed by atoms with E-state index < -0.39 is 0 Å². The van der Waals surface area contributed by atoms with Crippen molar-refractivity contribution in [3.8, 4) is 17.1 Å². The SMILES string of the molecule is CCc1nc(-c2ccc(OC)cc2)[nH]c(=O)c1I. The summed E-state index contributed by atoms with van der Waals surface area (Å²) in [6.45, 7) is 1.99. The summed E-state index contributed by atoms with van der Waals surface area (Å²) in [7, 11) is 1.62. The average molecular weight is 356 g/mol. The average Bonchev–Trinajstić information content (AvgIpc) is 2.42. The van der Waals surface area contributed by atoms with Gasteiger partial charge in [0.2, 0.25) is 0 Å². The molecule has 0 fully saturated rings. The van der Waals surface area contributed by atoms with E-state index in [0.717, 1.165) is 23.4 Å². The van der Waals surface area contributed by atoms with E-state index in [1.54, 1.807) is 7.11 Å². The van der Waals surface area contributed by atoms with Crippen LogP contribution in [0, 0.1) is 3.57 Å². The fourth-order valence-corrected chi connectivity index (χ4v) is 2.26. The lowest BCUT2D eigenvalue weighted by Gasteiger charge is -2.06. The second-order valence-electron chi connectivity index (χ2n) is 3.76. The van der Waals surface area contributed by atoms with Crippen LogP contribution < -0.4 is 10.3 Å². The smallest absolute Gasteiger partial charge is 0.264 e. The highest BCUT2D eigenvalue weighted by Crippen LogP contribution is 2.19. The van der Waals surface area contributed by atoms with Gasteiger partial charge in [0.25, 0.3) is 5.56 Å². The van der Waals surface area contributed by atoms with Gasteiger partial charge in [-0.05, 0) is 53.3 Å². The van der Waals surface area contributed by atoms with E-state index in [1.807, 2.05) is 53.8 Å². The first-order chi connectivity index (χ1) is 8.65. The Morgan fingerprint density at radius 2 is 2.00 bits per heavy atom. The van der Waals surface area contributed by atoms with E-state index in [9.17, 15) is 4.79 Å². The van der Waals surface area contributed by atoms with Crippen LogP contribution in [0.1, 0.15) is 12.6 Å². The lowest BCUT2D eigenvalue weighted by Crippen LogP contribution is -2.15. The zero-order valence-electron chi connectivity index (χ0n) is 10.2. The van der Waals surface area contributed by atoms with Crippen molar-refractivity contribution < 1.29 is 4.74 Å². The molecule has 0 atom stereocenters. The molecule has 2 aromatic rings. The number of aromatic amines is 1. The molecule has 5 heteroatoms. The van der Waals surface area contributed by atoms with Crippen molar-refractivity contribution in [3.63, 3.8) is 0 Å². The molecule has 1 heterocycles. The number of hydrogen-bond donors (Lipinski definition) is 1. The lowest BCUT2D eigenvalue weighted by atomic mass is 10.2. The van der Waals surface area contributed by atoms with Gasteiger partial charge >= 0.3 is 0 Å². The summed E-state index contributed by atoms with van der Waals surface area (Å²) < 4.78 is 5.76. The topological polar surface area (TPSA) is 55.0 Å². The third-order valence-electron chi connectivity index (χ3n) is 2.63. The van der Waals surface area contributed by atoms with Gasteiger partial charge in [-0.3, -0.25) is 4.79 Å². The van der Waals surface area contributed by atoms with Crippen LogP contribution in [0.25, 0.3) is 11.4 Å². The maximum Gasteiger partial charge on any atom is 0.264 e. The number of aryl methyl sites for hydroxylation is 1. The van der Waals surface area contributed by atoms with Crippen molar-refractivity contribution in [1.29, 1.82) is 0 Å². The number of methoxy groups -OCH3 is 1. The summed E-state index contributed by atoms with van der Waals surface area (Å²) in [5, 5.41) is 0. The van der Waals surface area contributed by atoms with E-state index in [2.05, 4.69) is 9.97 Å². The molecule has 0 aliphatic rings. The van der Waals surface area contributed by atoms with Crippen LogP contribution in [0.15, 0.2) is 29.1 Å². The highest BCUT2D eigenvalue weighted by atomic mass is 127. The summed E-state index contributed by atoms with van der Waals surface area (Å²) in [6.07, 6.45) is 0.741. The van der Waals surface area contributed by atoms with Gasteiger partial charge in [0.15, 0.2) is 0 Å². The van der Waals surface area contributed by atoms with E-state index in [0.29, 0.717) is 9.39 Å². The Morgan fingerprint density at radius 1 is 1.33 bits per heavy atom. The van der Waals surface area contributed by atoms with E-state index in [-0.39, 0.29) is 5.56 Å². The molecular formula is C13H13IN2O2. The number of rotatable bonds is 3. The largest absolute Gasteiger partial charge is 0.497 e. The zero-order valence-corrected chi connectivity index (χ0v) is 12.3. The third-order valence-corrected chi connectivity index (χ3v) is 3.74. The Balaban J connectivity index is 2.50. The molecule has 0 bridgehead atoms. The van der Waals surface area contributed by atoms with Gasteiger partial charge in [0, 0.05) is 5.56 Å². The van der Waals surface area contributed by atoms with Crippen LogP contribution in [-0.2, 0) is 6.42 Å². The van der Waals surface area contributed by atoms with Crippen molar-refractivity contribution in [2.45, 2.75) is 13.3 Å². The fourth-order valence-electron chi connectivity index (χ4n) is 1.63. The Kier molecular flexibility index (Phi) is 4.00. The van der Waals surface area contributed by atoms with E-state index >= 15 is 0 Å². The maximum atomic E-state index is 11.8. The van der Waals surface area contributed by atoms with Crippen LogP contribution in [-0.4, -0.2) is 17.1 Å². The monoisotopic (exact) mass is 356 g/mol. The standard InChI is InChI=1S/C13H13IN2O2/c1-3-10-11(14)13(17)16-12(15-10)8-4-6-9(18-2)7-5-8/h4-7H,3H2,1-2H3,(H,15,16,17). The Morgan fingerprint density at radius 3 is 2.56 bits per heavy atom. The molecule has 0 spiro atoms. The minimum Gasteiger partial charge on any atom is -0.497 e. The molecule has 18 heavy (non-hydrogen) atoms. The third kappa shape index (κ3) is 2.55. The summed E-state index contributed by atoms with van der Waals surface area (Å²) in [5.74, 6) is 1.38. The fraction of sp³-hybridized carbons (Fsp3) is 0.231. The molecule has 0 radical (unpaired) electrons. The second-order valence-corrected chi connectivity index (χ2v) is 4.84. The van der Waals surface area contributed by atoms with Gasteiger partial charge in [0.1, 0.15) is 11.6 Å². The first-order valence-corrected chi connectivity index (χ1v) is 6.66. The number of halogens is 1. The first kappa shape index (κ1) is 13.1. The Labute approximate surface area is 119 Å². The normalized spacial score (nSPS) is 10.4. The van der Waals surface area contributed by atoms with E-state index in [4.69, 9.17) is 4.74 Å². The number of nitrogens with one attached hydrogen (secondary N) is 1. The maximum absolute atomic E-state index is 11.8. The number of hydrogen-bond acceptors (Lipinski definition) is 3. The van der Waals surface area contributed by atoms with Gasteiger partial charge in [-0.2, -0.15) is 0 Å². The molecule has 0 saturated carbocycles. The molecule has 0 amide bonds. The minimum absolute atomic E-state index is 0.0896. The Hall–Kier alpha value is -1.37. The van der Waals surface area contributed by atoms with Crippen molar-refractivity contribution >= 4 is 22.6 Å². The summed E-state index contributed by atoms with van der Waals surface area (Å²) in [5.41, 5.74) is 1.61. The number of aromatic nitrogens is 2. The molecule has 1 N–H and O–H groups in total. The minimum atomic E-state index is -0.0896. The number of nitrogens with zero attached hydrogens (tertiary/aromatic N) is 1. The molecular weight excluding hydrogens is 343 g/mol. The van der Waals surface area contributed by atoms with E-state index in [1.165, 1.54) is 0 Å². The quantitative estimate of drug-likeness (QED) is 0.861. The molecule has 1 aromatic heterocycles. The molecule has 0 aliphatic carbocycles. The molecule has 4 nitrogen and oxygen atoms in total. The van der Waals surface area contributed by atoms with Gasteiger partial charge in [0.05, 0.1) is 16.4 Å². The molecule has 94 valence electrons. The van der Waals surface area contributed by atoms with Crippen LogP contribution >= 0.6 is 22.6 Å². The van der Waals surface area contributed by atoms with Crippen molar-refractivity contribution in [2.75, 3.05) is 7.11 Å². The highest BCUT2D eigenvalue weighted by Gasteiger charge is 2.08. The van der Waals surface area contributed by atoms with Crippen LogP contribution in [0.4, 0.5) is 0 Å². The van der Waals surface area contributed by atoms with Crippen LogP contribution in [0.3, 0.4) is 0 Å². The summed E-state index contributed by atoms with van der Waals surface area (Å²) in [6, 6.07) is 7.45. The highest BCUT2D eigenvalue weighted by molar-refractivity contribution is 14.1. The first-order valence-electron chi connectivity index (χ1n) is 5.58. The predicted molar refractivity (Wildman–Crippen MR) is 78.9 cm³/mol. The van der Waals surface area contributed by atoms with Gasteiger partial charge in [-0.25, -0.2) is 4.98 Å². The van der Waals surface area contributed by atoms with Crippen LogP contribution in [0.2, 0.25) is 0 Å². The molecule has 0 aliphatic heterocycles. The predicted octanol–water partition coefficient (Wildman–Crippen LogP) is 2.61. The number of benzene rings is 1. The molecule has 0 unspecified atom stereocenters. The lowest BCUT2D eigenvalue weighted by molar-refractivity contribution is 0.415. The van der Waals surface area contributed by atoms with Crippen molar-refractivity contribution in [3.05, 3.63) is 43.9 Å². The van der Waals surface area contributed by atoms with Gasteiger partial charge in [-0.15, -0.1) is 0 Å². The number of H-pyrrole nitrogens is 1. The van der Waals surface area contributed by atoms with Gasteiger partial charge in [-0.1, -0.05) is 6.92 Å². The van der Waals surface area contributed by atoms with Crippen LogP contribution in [0.5, 0.6) is 5.75 Å². The zero-order chi connectivity index (χ0) is 13.1. The second kappa shape index (κ2) is 5.51. The van der Waals surface area contributed by atoms with Gasteiger partial charge < -0.3 is 9.72 Å². The Bertz CT molecular complexity index is 605. The summed E-state index contributed by atoms with van der Waals surface area (Å²) >= 11 is 2.03. The molecule has 2 rings (SSSR count). The molecule has 0 saturated heterocycles. The summed E-state index contributed by atoms with van der Waals surface area (Å²) in [4.78, 5) is 19.1. The number of ether oxygens (including phenoxy) is 1. The molecule has 1 aromatic carbocycles. The van der Waals surface area contributed by atoms with Crippen molar-refractivity contribution in [2.24, 2.45) is 0 Å². The van der Waals surface area contributed by atoms with Crippen molar-refractivity contribution in [1.82, 2.24) is 9.97 Å².